The predicted octanol–water partition coefficient (Wildman–Crippen LogP) is 0.363. The third-order valence-electron chi connectivity index (χ3n) is 4.58. The van der Waals surface area contributed by atoms with Crippen molar-refractivity contribution in [3.8, 4) is 0 Å². The van der Waals surface area contributed by atoms with E-state index < -0.39 is 10.0 Å². The Morgan fingerprint density at radius 2 is 2.09 bits per heavy atom. The van der Waals surface area contributed by atoms with Gasteiger partial charge in [0.1, 0.15) is 5.69 Å². The molecule has 0 radical (unpaired) electrons. The van der Waals surface area contributed by atoms with Gasteiger partial charge in [0.15, 0.2) is 0 Å². The van der Waals surface area contributed by atoms with Gasteiger partial charge < -0.3 is 4.90 Å². The van der Waals surface area contributed by atoms with Gasteiger partial charge in [0.25, 0.3) is 5.91 Å². The average Bonchev–Trinajstić information content (AvgIpc) is 2.68. The molecule has 3 rings (SSSR count). The summed E-state index contributed by atoms with van der Waals surface area (Å²) < 4.78 is 26.5. The molecular formula is C14H20N4O3S. The zero-order chi connectivity index (χ0) is 15.7. The summed E-state index contributed by atoms with van der Waals surface area (Å²) in [7, 11) is -3.21. The van der Waals surface area contributed by atoms with Gasteiger partial charge in [0, 0.05) is 38.6 Å². The Morgan fingerprint density at radius 3 is 2.77 bits per heavy atom. The number of nitrogens with zero attached hydrogens (tertiary/aromatic N) is 4. The maximum atomic E-state index is 12.5. The van der Waals surface area contributed by atoms with Crippen LogP contribution in [0.25, 0.3) is 0 Å². The molecule has 1 amide bonds. The molecule has 8 heteroatoms. The standard InChI is InChI=1S/C14H20N4O3S/c1-2-18-10-11-3-7-17(8-4-13(11)22(18,20)21)14(19)12-9-15-5-6-16-12/h5-6,9,11,13H,2-4,7-8,10H2,1H3/t11-,13-/m0/s1. The maximum Gasteiger partial charge on any atom is 0.274 e. The van der Waals surface area contributed by atoms with Crippen molar-refractivity contribution in [3.05, 3.63) is 24.3 Å². The van der Waals surface area contributed by atoms with Crippen molar-refractivity contribution in [1.82, 2.24) is 19.2 Å². The van der Waals surface area contributed by atoms with Crippen LogP contribution in [0.3, 0.4) is 0 Å². The van der Waals surface area contributed by atoms with Crippen molar-refractivity contribution in [1.29, 1.82) is 0 Å². The minimum Gasteiger partial charge on any atom is -0.337 e. The fourth-order valence-corrected chi connectivity index (χ4v) is 5.63. The van der Waals surface area contributed by atoms with E-state index in [2.05, 4.69) is 9.97 Å². The van der Waals surface area contributed by atoms with Crippen LogP contribution in [-0.2, 0) is 10.0 Å². The molecule has 0 unspecified atom stereocenters. The van der Waals surface area contributed by atoms with Crippen molar-refractivity contribution in [2.24, 2.45) is 5.92 Å². The largest absolute Gasteiger partial charge is 0.337 e. The normalized spacial score (nSPS) is 28.1. The third-order valence-corrected chi connectivity index (χ3v) is 7.09. The second-order valence-corrected chi connectivity index (χ2v) is 7.91. The molecule has 0 bridgehead atoms. The fraction of sp³-hybridized carbons (Fsp3) is 0.643. The van der Waals surface area contributed by atoms with Gasteiger partial charge in [-0.1, -0.05) is 6.92 Å². The number of hydrogen-bond acceptors (Lipinski definition) is 5. The summed E-state index contributed by atoms with van der Waals surface area (Å²) in [6.45, 7) is 4.00. The first kappa shape index (κ1) is 15.4. The Balaban J connectivity index is 1.74. The summed E-state index contributed by atoms with van der Waals surface area (Å²) in [6.07, 6.45) is 5.67. The molecule has 0 aromatic carbocycles. The molecule has 2 saturated heterocycles. The molecule has 1 aromatic heterocycles. The van der Waals surface area contributed by atoms with E-state index in [1.165, 1.54) is 18.6 Å². The lowest BCUT2D eigenvalue weighted by Gasteiger charge is -2.21. The number of fused-ring (bicyclic) bond motifs is 1. The molecule has 3 heterocycles. The van der Waals surface area contributed by atoms with E-state index in [-0.39, 0.29) is 17.1 Å². The molecule has 0 spiro atoms. The summed E-state index contributed by atoms with van der Waals surface area (Å²) in [5.41, 5.74) is 0.313. The monoisotopic (exact) mass is 324 g/mol. The van der Waals surface area contributed by atoms with Crippen LogP contribution in [0.4, 0.5) is 0 Å². The summed E-state index contributed by atoms with van der Waals surface area (Å²) in [4.78, 5) is 22.1. The van der Waals surface area contributed by atoms with Gasteiger partial charge in [-0.15, -0.1) is 0 Å². The van der Waals surface area contributed by atoms with Gasteiger partial charge in [-0.25, -0.2) is 17.7 Å². The van der Waals surface area contributed by atoms with Gasteiger partial charge in [-0.05, 0) is 18.8 Å². The molecule has 0 aliphatic carbocycles. The van der Waals surface area contributed by atoms with E-state index in [0.29, 0.717) is 44.7 Å². The molecule has 2 fully saturated rings. The first-order chi connectivity index (χ1) is 10.5. The molecule has 0 N–H and O–H groups in total. The lowest BCUT2D eigenvalue weighted by Crippen LogP contribution is -2.35. The minimum atomic E-state index is -3.21. The van der Waals surface area contributed by atoms with Crippen LogP contribution in [0, 0.1) is 5.92 Å². The average molecular weight is 324 g/mol. The van der Waals surface area contributed by atoms with E-state index >= 15 is 0 Å². The van der Waals surface area contributed by atoms with E-state index in [1.807, 2.05) is 6.92 Å². The minimum absolute atomic E-state index is 0.115. The molecule has 1 aromatic rings. The van der Waals surface area contributed by atoms with Gasteiger partial charge >= 0.3 is 0 Å². The van der Waals surface area contributed by atoms with Crippen LogP contribution in [-0.4, -0.2) is 64.9 Å². The van der Waals surface area contributed by atoms with Gasteiger partial charge in [-0.3, -0.25) is 9.78 Å². The van der Waals surface area contributed by atoms with Gasteiger partial charge in [0.2, 0.25) is 10.0 Å². The molecule has 7 nitrogen and oxygen atoms in total. The lowest BCUT2D eigenvalue weighted by atomic mass is 10.0. The Labute approximate surface area is 130 Å². The Hall–Kier alpha value is -1.54. The summed E-state index contributed by atoms with van der Waals surface area (Å²) in [5, 5.41) is -0.355. The quantitative estimate of drug-likeness (QED) is 0.784. The smallest absolute Gasteiger partial charge is 0.274 e. The highest BCUT2D eigenvalue weighted by Gasteiger charge is 2.46. The predicted molar refractivity (Wildman–Crippen MR) is 80.6 cm³/mol. The Bertz CT molecular complexity index is 649. The fourth-order valence-electron chi connectivity index (χ4n) is 3.38. The van der Waals surface area contributed by atoms with E-state index in [9.17, 15) is 13.2 Å². The van der Waals surface area contributed by atoms with Crippen molar-refractivity contribution in [2.45, 2.75) is 25.0 Å². The van der Waals surface area contributed by atoms with Gasteiger partial charge in [0.05, 0.1) is 11.4 Å². The first-order valence-electron chi connectivity index (χ1n) is 7.58. The van der Waals surface area contributed by atoms with Crippen LogP contribution in [0.2, 0.25) is 0 Å². The van der Waals surface area contributed by atoms with Crippen LogP contribution < -0.4 is 0 Å². The van der Waals surface area contributed by atoms with E-state index in [1.54, 1.807) is 9.21 Å². The highest BCUT2D eigenvalue weighted by molar-refractivity contribution is 7.90. The highest BCUT2D eigenvalue weighted by Crippen LogP contribution is 2.34. The number of aromatic nitrogens is 2. The maximum absolute atomic E-state index is 12.5. The molecule has 2 atom stereocenters. The van der Waals surface area contributed by atoms with Crippen molar-refractivity contribution in [2.75, 3.05) is 26.2 Å². The number of carbonyl (C=O) groups is 1. The van der Waals surface area contributed by atoms with Crippen molar-refractivity contribution < 1.29 is 13.2 Å². The van der Waals surface area contributed by atoms with Crippen LogP contribution >= 0.6 is 0 Å². The SMILES string of the molecule is CCN1C[C@@H]2CCN(C(=O)c3cnccn3)CC[C@@H]2S1(=O)=O. The summed E-state index contributed by atoms with van der Waals surface area (Å²) in [6, 6.07) is 0. The number of hydrogen-bond donors (Lipinski definition) is 0. The van der Waals surface area contributed by atoms with Crippen LogP contribution in [0.1, 0.15) is 30.3 Å². The number of sulfonamides is 1. The number of amides is 1. The third kappa shape index (κ3) is 2.61. The highest BCUT2D eigenvalue weighted by atomic mass is 32.2. The van der Waals surface area contributed by atoms with Crippen LogP contribution in [0.5, 0.6) is 0 Å². The first-order valence-corrected chi connectivity index (χ1v) is 9.08. The van der Waals surface area contributed by atoms with Crippen LogP contribution in [0.15, 0.2) is 18.6 Å². The molecule has 2 aliphatic heterocycles. The molecule has 0 saturated carbocycles. The van der Waals surface area contributed by atoms with E-state index in [0.717, 1.165) is 0 Å². The second kappa shape index (κ2) is 5.92. The van der Waals surface area contributed by atoms with E-state index in [4.69, 9.17) is 0 Å². The zero-order valence-electron chi connectivity index (χ0n) is 12.6. The number of carbonyl (C=O) groups excluding carboxylic acids is 1. The number of rotatable bonds is 2. The van der Waals surface area contributed by atoms with Gasteiger partial charge in [-0.2, -0.15) is 0 Å². The topological polar surface area (TPSA) is 83.5 Å². The second-order valence-electron chi connectivity index (χ2n) is 5.75. The molecule has 120 valence electrons. The summed E-state index contributed by atoms with van der Waals surface area (Å²) in [5.74, 6) is -0.0533. The molecule has 22 heavy (non-hydrogen) atoms. The summed E-state index contributed by atoms with van der Waals surface area (Å²) >= 11 is 0. The van der Waals surface area contributed by atoms with Crippen molar-refractivity contribution >= 4 is 15.9 Å². The molecular weight excluding hydrogens is 304 g/mol. The molecule has 2 aliphatic rings. The number of likely N-dealkylation sites (tertiary alicyclic amines) is 1. The Morgan fingerprint density at radius 1 is 1.32 bits per heavy atom. The zero-order valence-corrected chi connectivity index (χ0v) is 13.4. The Kier molecular flexibility index (Phi) is 4.14. The lowest BCUT2D eigenvalue weighted by molar-refractivity contribution is 0.0752. The van der Waals surface area contributed by atoms with Crippen molar-refractivity contribution in [3.63, 3.8) is 0 Å².